The van der Waals surface area contributed by atoms with Gasteiger partial charge in [0.2, 0.25) is 5.91 Å². The van der Waals surface area contributed by atoms with Crippen molar-refractivity contribution >= 4 is 29.4 Å². The third-order valence-corrected chi connectivity index (χ3v) is 8.41. The number of esters is 1. The fourth-order valence-corrected chi connectivity index (χ4v) is 6.64. The van der Waals surface area contributed by atoms with E-state index in [2.05, 4.69) is 5.32 Å². The predicted molar refractivity (Wildman–Crippen MR) is 151 cm³/mol. The van der Waals surface area contributed by atoms with Crippen LogP contribution >= 0.6 is 11.6 Å². The molecule has 0 bridgehead atoms. The molecule has 1 heterocycles. The molecule has 5 atom stereocenters. The zero-order valence-electron chi connectivity index (χ0n) is 22.2. The quantitative estimate of drug-likeness (QED) is 0.451. The van der Waals surface area contributed by atoms with Gasteiger partial charge in [0.05, 0.1) is 24.5 Å². The first-order valence-electron chi connectivity index (χ1n) is 13.9. The summed E-state index contributed by atoms with van der Waals surface area (Å²) in [6, 6.07) is 16.5. The zero-order valence-corrected chi connectivity index (χ0v) is 23.0. The molecule has 2 amide bonds. The molecule has 0 spiro atoms. The van der Waals surface area contributed by atoms with Gasteiger partial charge in [0.15, 0.2) is 0 Å². The maximum atomic E-state index is 14.2. The van der Waals surface area contributed by atoms with Gasteiger partial charge in [0.25, 0.3) is 5.91 Å². The number of halogens is 1. The number of fused-ring (bicyclic) bond motifs is 1. The molecule has 204 valence electrons. The van der Waals surface area contributed by atoms with Crippen LogP contribution in [-0.4, -0.2) is 47.9 Å². The predicted octanol–water partition coefficient (Wildman–Crippen LogP) is 5.38. The Labute approximate surface area is 235 Å². The molecule has 1 fully saturated rings. The van der Waals surface area contributed by atoms with Crippen LogP contribution in [0.15, 0.2) is 77.9 Å². The molecule has 5 rings (SSSR count). The number of carbonyl (C=O) groups excluding carboxylic acids is 3. The number of amides is 2. The van der Waals surface area contributed by atoms with Crippen molar-refractivity contribution in [3.63, 3.8) is 0 Å². The third-order valence-electron chi connectivity index (χ3n) is 8.16. The molecular formula is C32H35ClN2O4. The summed E-state index contributed by atoms with van der Waals surface area (Å²) in [6.07, 6.45) is 9.56. The largest absolute Gasteiger partial charge is 0.466 e. The van der Waals surface area contributed by atoms with E-state index >= 15 is 0 Å². The molecule has 5 unspecified atom stereocenters. The summed E-state index contributed by atoms with van der Waals surface area (Å²) >= 11 is 6.39. The first-order valence-corrected chi connectivity index (χ1v) is 14.3. The second-order valence-electron chi connectivity index (χ2n) is 10.5. The number of ether oxygens (including phenoxy) is 1. The Morgan fingerprint density at radius 3 is 2.54 bits per heavy atom. The van der Waals surface area contributed by atoms with E-state index < -0.39 is 17.9 Å². The summed E-state index contributed by atoms with van der Waals surface area (Å²) < 4.78 is 5.45. The molecule has 3 aliphatic rings. The van der Waals surface area contributed by atoms with Crippen LogP contribution in [0.3, 0.4) is 0 Å². The highest BCUT2D eigenvalue weighted by Crippen LogP contribution is 2.44. The maximum Gasteiger partial charge on any atom is 0.311 e. The van der Waals surface area contributed by atoms with Crippen molar-refractivity contribution in [3.8, 4) is 0 Å². The molecule has 0 saturated heterocycles. The van der Waals surface area contributed by atoms with Crippen LogP contribution in [0, 0.1) is 11.8 Å². The van der Waals surface area contributed by atoms with E-state index in [0.29, 0.717) is 48.6 Å². The molecule has 6 nitrogen and oxygen atoms in total. The average Bonchev–Trinajstić information content (AvgIpc) is 3.39. The number of allylic oxidation sites excluding steroid dienone is 2. The number of benzene rings is 2. The molecule has 2 aliphatic carbocycles. The Bertz CT molecular complexity index is 1270. The maximum absolute atomic E-state index is 14.2. The van der Waals surface area contributed by atoms with E-state index in [0.717, 1.165) is 18.4 Å². The minimum Gasteiger partial charge on any atom is -0.466 e. The van der Waals surface area contributed by atoms with Gasteiger partial charge in [0.1, 0.15) is 0 Å². The lowest BCUT2D eigenvalue weighted by Crippen LogP contribution is -2.61. The Hall–Kier alpha value is -3.38. The molecule has 1 aliphatic heterocycles. The van der Waals surface area contributed by atoms with Crippen LogP contribution in [0.4, 0.5) is 0 Å². The van der Waals surface area contributed by atoms with E-state index in [-0.39, 0.29) is 29.7 Å². The first kappa shape index (κ1) is 27.2. The number of rotatable bonds is 8. The van der Waals surface area contributed by atoms with Crippen LogP contribution in [0.5, 0.6) is 0 Å². The molecule has 2 aromatic carbocycles. The van der Waals surface area contributed by atoms with Crippen molar-refractivity contribution in [1.29, 1.82) is 0 Å². The van der Waals surface area contributed by atoms with Gasteiger partial charge in [-0.05, 0) is 49.5 Å². The highest BCUT2D eigenvalue weighted by Gasteiger charge is 2.51. The highest BCUT2D eigenvalue weighted by molar-refractivity contribution is 6.31. The van der Waals surface area contributed by atoms with E-state index in [4.69, 9.17) is 16.3 Å². The van der Waals surface area contributed by atoms with Crippen molar-refractivity contribution in [2.75, 3.05) is 13.2 Å². The van der Waals surface area contributed by atoms with E-state index in [1.807, 2.05) is 71.7 Å². The molecule has 0 radical (unpaired) electrons. The first-order chi connectivity index (χ1) is 19.0. The lowest BCUT2D eigenvalue weighted by Gasteiger charge is -2.49. The van der Waals surface area contributed by atoms with Gasteiger partial charge < -0.3 is 15.0 Å². The molecule has 1 N–H and O–H groups in total. The second kappa shape index (κ2) is 12.2. The van der Waals surface area contributed by atoms with Gasteiger partial charge in [-0.15, -0.1) is 0 Å². The monoisotopic (exact) mass is 546 g/mol. The number of carbonyl (C=O) groups is 3. The number of nitrogens with one attached hydrogen (secondary N) is 1. The van der Waals surface area contributed by atoms with Gasteiger partial charge in [0, 0.05) is 29.1 Å². The van der Waals surface area contributed by atoms with Gasteiger partial charge in [-0.2, -0.15) is 0 Å². The van der Waals surface area contributed by atoms with Gasteiger partial charge in [-0.1, -0.05) is 85.1 Å². The topological polar surface area (TPSA) is 75.7 Å². The summed E-state index contributed by atoms with van der Waals surface area (Å²) in [4.78, 5) is 43.2. The summed E-state index contributed by atoms with van der Waals surface area (Å²) in [5, 5.41) is 3.74. The number of hydrogen-bond acceptors (Lipinski definition) is 4. The standard InChI is InChI=1S/C32H35ClN2O4/c1-2-39-32(38)26-14-8-9-15-27(26)35-29(22-16-17-23(33)20-22)28(24-12-6-7-13-25(24)31(35)37)30(36)34-19-18-21-10-4-3-5-11-21/h3-7,10-13,16-17,20,22,26-29H,2,8-9,14-15,18-19H2,1H3,(H,34,36). The normalized spacial score (nSPS) is 26.1. The Morgan fingerprint density at radius 1 is 1.05 bits per heavy atom. The fraction of sp³-hybridized carbons (Fsp3) is 0.406. The Kier molecular flexibility index (Phi) is 8.51. The van der Waals surface area contributed by atoms with Crippen LogP contribution < -0.4 is 5.32 Å². The van der Waals surface area contributed by atoms with Crippen molar-refractivity contribution in [2.45, 2.75) is 57.0 Å². The smallest absolute Gasteiger partial charge is 0.311 e. The Balaban J connectivity index is 1.53. The fourth-order valence-electron chi connectivity index (χ4n) is 6.42. The summed E-state index contributed by atoms with van der Waals surface area (Å²) in [7, 11) is 0. The van der Waals surface area contributed by atoms with E-state index in [9.17, 15) is 14.4 Å². The molecule has 7 heteroatoms. The van der Waals surface area contributed by atoms with Crippen LogP contribution in [0.2, 0.25) is 0 Å². The second-order valence-corrected chi connectivity index (χ2v) is 10.9. The summed E-state index contributed by atoms with van der Waals surface area (Å²) in [6.45, 7) is 2.57. The van der Waals surface area contributed by atoms with Crippen LogP contribution in [0.25, 0.3) is 0 Å². The SMILES string of the molecule is CCOC(=O)C1CCCCC1N1C(=O)c2ccccc2C(C(=O)NCCc2ccccc2)C1C1C=CC(Cl)=C1. The molecular weight excluding hydrogens is 512 g/mol. The third kappa shape index (κ3) is 5.67. The van der Waals surface area contributed by atoms with Crippen LogP contribution in [-0.2, 0) is 20.7 Å². The van der Waals surface area contributed by atoms with Crippen molar-refractivity contribution < 1.29 is 19.1 Å². The summed E-state index contributed by atoms with van der Waals surface area (Å²) in [5.74, 6) is -1.85. The summed E-state index contributed by atoms with van der Waals surface area (Å²) in [5.41, 5.74) is 2.37. The highest BCUT2D eigenvalue weighted by atomic mass is 35.5. The molecule has 0 aromatic heterocycles. The minimum absolute atomic E-state index is 0.130. The van der Waals surface area contributed by atoms with Gasteiger partial charge in [-0.3, -0.25) is 14.4 Å². The van der Waals surface area contributed by atoms with E-state index in [1.54, 1.807) is 13.0 Å². The molecule has 1 saturated carbocycles. The van der Waals surface area contributed by atoms with Gasteiger partial charge >= 0.3 is 5.97 Å². The van der Waals surface area contributed by atoms with Crippen molar-refractivity contribution in [1.82, 2.24) is 10.2 Å². The zero-order chi connectivity index (χ0) is 27.4. The van der Waals surface area contributed by atoms with E-state index in [1.165, 1.54) is 0 Å². The lowest BCUT2D eigenvalue weighted by molar-refractivity contribution is -0.152. The number of hydrogen-bond donors (Lipinski definition) is 1. The van der Waals surface area contributed by atoms with Crippen molar-refractivity contribution in [3.05, 3.63) is 94.5 Å². The minimum atomic E-state index is -0.618. The number of nitrogens with zero attached hydrogens (tertiary/aromatic N) is 1. The molecule has 2 aromatic rings. The van der Waals surface area contributed by atoms with Gasteiger partial charge in [-0.25, -0.2) is 0 Å². The molecule has 39 heavy (non-hydrogen) atoms. The average molecular weight is 547 g/mol. The van der Waals surface area contributed by atoms with Crippen LogP contribution in [0.1, 0.15) is 60.0 Å². The van der Waals surface area contributed by atoms with Crippen molar-refractivity contribution in [2.24, 2.45) is 11.8 Å². The lowest BCUT2D eigenvalue weighted by atomic mass is 9.73. The Morgan fingerprint density at radius 2 is 1.79 bits per heavy atom.